The molecule has 0 saturated carbocycles. The lowest BCUT2D eigenvalue weighted by Crippen LogP contribution is -2.10. The molecule has 4 aromatic heterocycles. The van der Waals surface area contributed by atoms with Crippen LogP contribution in [0.5, 0.6) is 0 Å². The Morgan fingerprint density at radius 2 is 1.96 bits per heavy atom. The summed E-state index contributed by atoms with van der Waals surface area (Å²) in [6.45, 7) is 1.89. The largest absolute Gasteiger partial charge is 0.369 e. The number of H-pyrrole nitrogens is 2. The topological polar surface area (TPSA) is 156 Å². The van der Waals surface area contributed by atoms with E-state index in [4.69, 9.17) is 5.73 Å². The van der Waals surface area contributed by atoms with E-state index in [-0.39, 0.29) is 22.7 Å². The van der Waals surface area contributed by atoms with Gasteiger partial charge in [-0.15, -0.1) is 0 Å². The van der Waals surface area contributed by atoms with Crippen LogP contribution in [0.3, 0.4) is 0 Å². The number of aromatic nitrogens is 8. The standard InChI is InChI=1S/C16H14N10O/c1-6-5-18-7-3-4-8-10(9(7)19-6)21-16(26(8)2)25-15-20-11-12(23-15)22-14(17)24-13(11)27/h3-5H,1-2H3,(H5,17,20,21,22,23,24,25,27). The average molecular weight is 362 g/mol. The number of rotatable bonds is 2. The van der Waals surface area contributed by atoms with Crippen molar-refractivity contribution in [3.63, 3.8) is 0 Å². The molecule has 134 valence electrons. The van der Waals surface area contributed by atoms with Crippen LogP contribution in [-0.4, -0.2) is 39.5 Å². The zero-order valence-corrected chi connectivity index (χ0v) is 14.4. The Balaban J connectivity index is 1.66. The molecule has 5 rings (SSSR count). The maximum absolute atomic E-state index is 11.9. The summed E-state index contributed by atoms with van der Waals surface area (Å²) in [5.74, 6) is 0.872. The Labute approximate surface area is 150 Å². The van der Waals surface area contributed by atoms with Crippen LogP contribution in [0.4, 0.5) is 17.8 Å². The van der Waals surface area contributed by atoms with Gasteiger partial charge >= 0.3 is 0 Å². The van der Waals surface area contributed by atoms with Gasteiger partial charge in [0.1, 0.15) is 11.0 Å². The Hall–Kier alpha value is -4.02. The van der Waals surface area contributed by atoms with E-state index in [9.17, 15) is 4.79 Å². The van der Waals surface area contributed by atoms with E-state index in [1.807, 2.05) is 30.7 Å². The van der Waals surface area contributed by atoms with Crippen LogP contribution in [0.25, 0.3) is 33.2 Å². The van der Waals surface area contributed by atoms with E-state index in [0.29, 0.717) is 11.9 Å². The van der Waals surface area contributed by atoms with Gasteiger partial charge in [0.25, 0.3) is 5.56 Å². The minimum atomic E-state index is -0.389. The maximum atomic E-state index is 11.9. The van der Waals surface area contributed by atoms with Gasteiger partial charge in [-0.2, -0.15) is 9.97 Å². The van der Waals surface area contributed by atoms with E-state index < -0.39 is 0 Å². The predicted octanol–water partition coefficient (Wildman–Crippen LogP) is 1.11. The Bertz CT molecular complexity index is 1410. The minimum absolute atomic E-state index is 0.00805. The highest BCUT2D eigenvalue weighted by Crippen LogP contribution is 2.26. The number of hydrogen-bond acceptors (Lipinski definition) is 8. The molecule has 0 unspecified atom stereocenters. The lowest BCUT2D eigenvalue weighted by Gasteiger charge is -2.02. The molecule has 0 saturated heterocycles. The third-order valence-corrected chi connectivity index (χ3v) is 4.29. The van der Waals surface area contributed by atoms with Crippen molar-refractivity contribution >= 4 is 51.1 Å². The van der Waals surface area contributed by atoms with Crippen LogP contribution in [0.2, 0.25) is 0 Å². The van der Waals surface area contributed by atoms with Crippen molar-refractivity contribution in [1.82, 2.24) is 39.5 Å². The van der Waals surface area contributed by atoms with Crippen molar-refractivity contribution in [2.75, 3.05) is 11.1 Å². The zero-order chi connectivity index (χ0) is 18.7. The molecule has 0 aliphatic rings. The van der Waals surface area contributed by atoms with Gasteiger partial charge in [0.2, 0.25) is 17.8 Å². The first-order chi connectivity index (χ1) is 13.0. The molecule has 11 heteroatoms. The van der Waals surface area contributed by atoms with Crippen molar-refractivity contribution in [3.05, 3.63) is 34.4 Å². The number of anilines is 3. The number of aromatic amines is 2. The molecule has 4 heterocycles. The molecule has 0 atom stereocenters. The third-order valence-electron chi connectivity index (χ3n) is 4.29. The fourth-order valence-electron chi connectivity index (χ4n) is 3.02. The highest BCUT2D eigenvalue weighted by Gasteiger charge is 2.15. The summed E-state index contributed by atoms with van der Waals surface area (Å²) < 4.78 is 1.87. The van der Waals surface area contributed by atoms with Crippen LogP contribution in [-0.2, 0) is 7.05 Å². The maximum Gasteiger partial charge on any atom is 0.278 e. The molecule has 0 aliphatic heterocycles. The molecule has 0 radical (unpaired) electrons. The van der Waals surface area contributed by atoms with Gasteiger partial charge in [-0.3, -0.25) is 20.1 Å². The first-order valence-corrected chi connectivity index (χ1v) is 8.11. The van der Waals surface area contributed by atoms with Crippen molar-refractivity contribution in [3.8, 4) is 0 Å². The summed E-state index contributed by atoms with van der Waals surface area (Å²) in [5, 5.41) is 3.08. The monoisotopic (exact) mass is 362 g/mol. The van der Waals surface area contributed by atoms with Crippen molar-refractivity contribution in [2.45, 2.75) is 6.92 Å². The molecule has 0 aliphatic carbocycles. The molecular formula is C16H14N10O. The summed E-state index contributed by atoms with van der Waals surface area (Å²) in [6.07, 6.45) is 1.72. The minimum Gasteiger partial charge on any atom is -0.369 e. The molecule has 5 aromatic rings. The molecule has 11 nitrogen and oxygen atoms in total. The second kappa shape index (κ2) is 5.24. The van der Waals surface area contributed by atoms with Crippen molar-refractivity contribution in [2.24, 2.45) is 7.05 Å². The second-order valence-corrected chi connectivity index (χ2v) is 6.17. The highest BCUT2D eigenvalue weighted by molar-refractivity contribution is 6.01. The average Bonchev–Trinajstić information content (AvgIpc) is 3.17. The number of benzene rings is 1. The summed E-state index contributed by atoms with van der Waals surface area (Å²) in [4.78, 5) is 39.1. The van der Waals surface area contributed by atoms with E-state index in [0.717, 1.165) is 27.8 Å². The first kappa shape index (κ1) is 15.3. The molecule has 27 heavy (non-hydrogen) atoms. The van der Waals surface area contributed by atoms with Gasteiger partial charge in [-0.25, -0.2) is 9.97 Å². The quantitative estimate of drug-likeness (QED) is 0.364. The fraction of sp³-hybridized carbons (Fsp3) is 0.125. The molecule has 0 bridgehead atoms. The number of nitrogens with one attached hydrogen (secondary N) is 3. The van der Waals surface area contributed by atoms with Gasteiger partial charge in [-0.05, 0) is 19.1 Å². The van der Waals surface area contributed by atoms with Crippen molar-refractivity contribution in [1.29, 1.82) is 0 Å². The first-order valence-electron chi connectivity index (χ1n) is 8.11. The normalized spacial score (nSPS) is 11.6. The summed E-state index contributed by atoms with van der Waals surface area (Å²) in [7, 11) is 1.87. The Morgan fingerprint density at radius 1 is 1.11 bits per heavy atom. The van der Waals surface area contributed by atoms with Crippen LogP contribution >= 0.6 is 0 Å². The predicted molar refractivity (Wildman–Crippen MR) is 101 cm³/mol. The molecular weight excluding hydrogens is 348 g/mol. The second-order valence-electron chi connectivity index (χ2n) is 6.17. The van der Waals surface area contributed by atoms with E-state index in [1.165, 1.54) is 0 Å². The smallest absolute Gasteiger partial charge is 0.278 e. The molecule has 1 aromatic carbocycles. The SMILES string of the molecule is Cc1cnc2ccc3c(nc(Nc4nc5nc(N)[nH]c(=O)c5[nH]4)n3C)c2n1. The summed E-state index contributed by atoms with van der Waals surface area (Å²) >= 11 is 0. The van der Waals surface area contributed by atoms with Gasteiger partial charge in [0.05, 0.1) is 16.7 Å². The number of fused-ring (bicyclic) bond motifs is 4. The number of nitrogen functional groups attached to an aromatic ring is 1. The van der Waals surface area contributed by atoms with Crippen LogP contribution < -0.4 is 16.6 Å². The van der Waals surface area contributed by atoms with Crippen molar-refractivity contribution < 1.29 is 0 Å². The van der Waals surface area contributed by atoms with Gasteiger partial charge in [0, 0.05) is 13.2 Å². The lowest BCUT2D eigenvalue weighted by molar-refractivity contribution is 0.953. The zero-order valence-electron chi connectivity index (χ0n) is 14.4. The van der Waals surface area contributed by atoms with E-state index in [1.54, 1.807) is 6.20 Å². The van der Waals surface area contributed by atoms with E-state index >= 15 is 0 Å². The van der Waals surface area contributed by atoms with Crippen LogP contribution in [0.15, 0.2) is 23.1 Å². The Kier molecular flexibility index (Phi) is 2.96. The third kappa shape index (κ3) is 2.28. The van der Waals surface area contributed by atoms with Gasteiger partial charge in [-0.1, -0.05) is 0 Å². The number of nitrogens with zero attached hydrogens (tertiary/aromatic N) is 6. The number of aryl methyl sites for hydroxylation is 2. The van der Waals surface area contributed by atoms with Gasteiger partial charge in [0.15, 0.2) is 11.2 Å². The van der Waals surface area contributed by atoms with Crippen LogP contribution in [0, 0.1) is 6.92 Å². The fourth-order valence-corrected chi connectivity index (χ4v) is 3.02. The summed E-state index contributed by atoms with van der Waals surface area (Å²) in [5.41, 5.74) is 9.56. The molecule has 0 amide bonds. The Morgan fingerprint density at radius 3 is 2.81 bits per heavy atom. The lowest BCUT2D eigenvalue weighted by atomic mass is 10.2. The van der Waals surface area contributed by atoms with Crippen LogP contribution in [0.1, 0.15) is 5.69 Å². The number of hydrogen-bond donors (Lipinski definition) is 4. The van der Waals surface area contributed by atoms with Gasteiger partial charge < -0.3 is 15.3 Å². The highest BCUT2D eigenvalue weighted by atomic mass is 16.1. The number of imidazole rings is 2. The van der Waals surface area contributed by atoms with E-state index in [2.05, 4.69) is 40.2 Å². The molecule has 0 spiro atoms. The summed E-state index contributed by atoms with van der Waals surface area (Å²) in [6, 6.07) is 3.84. The number of nitrogens with two attached hydrogens (primary N) is 1. The molecule has 5 N–H and O–H groups in total. The molecule has 0 fully saturated rings.